The highest BCUT2D eigenvalue weighted by Crippen LogP contribution is 2.33. The number of nitrogens with zero attached hydrogens (tertiary/aromatic N) is 4. The molecule has 1 N–H and O–H groups in total. The lowest BCUT2D eigenvalue weighted by Gasteiger charge is -2.20. The number of benzene rings is 4. The predicted molar refractivity (Wildman–Crippen MR) is 168 cm³/mol. The first-order valence-corrected chi connectivity index (χ1v) is 13.8. The summed E-state index contributed by atoms with van der Waals surface area (Å²) in [6.07, 6.45) is 8.30. The van der Waals surface area contributed by atoms with Crippen molar-refractivity contribution in [3.63, 3.8) is 0 Å². The Morgan fingerprint density at radius 3 is 2.43 bits per heavy atom. The van der Waals surface area contributed by atoms with Gasteiger partial charge in [-0.2, -0.15) is 4.68 Å². The van der Waals surface area contributed by atoms with Crippen LogP contribution in [0.3, 0.4) is 0 Å². The van der Waals surface area contributed by atoms with Crippen molar-refractivity contribution in [2.45, 2.75) is 19.3 Å². The van der Waals surface area contributed by atoms with Gasteiger partial charge in [-0.05, 0) is 81.9 Å². The molecule has 1 unspecified atom stereocenters. The number of aromatic carboxylic acids is 1. The van der Waals surface area contributed by atoms with Crippen LogP contribution in [0.1, 0.15) is 39.9 Å². The Balaban J connectivity index is 1.55. The number of aromatic nitrogens is 4. The van der Waals surface area contributed by atoms with Gasteiger partial charge >= 0.3 is 5.97 Å². The Morgan fingerprint density at radius 1 is 0.952 bits per heavy atom. The Hall–Kier alpha value is -5.07. The van der Waals surface area contributed by atoms with Crippen LogP contribution in [0.2, 0.25) is 5.02 Å². The zero-order chi connectivity index (χ0) is 29.5. The molecule has 0 aliphatic carbocycles. The number of hydrogen-bond acceptors (Lipinski definition) is 4. The molecule has 4 aromatic carbocycles. The average molecular weight is 573 g/mol. The summed E-state index contributed by atoms with van der Waals surface area (Å²) in [5.41, 5.74) is 8.12. The molecule has 0 fully saturated rings. The van der Waals surface area contributed by atoms with Crippen LogP contribution in [0.25, 0.3) is 22.4 Å². The summed E-state index contributed by atoms with van der Waals surface area (Å²) in [4.78, 5) is 11.6. The molecule has 1 heterocycles. The smallest absolute Gasteiger partial charge is 0.335 e. The lowest BCUT2D eigenvalue weighted by molar-refractivity contribution is 0.0697. The van der Waals surface area contributed by atoms with Crippen LogP contribution >= 0.6 is 11.6 Å². The molecule has 42 heavy (non-hydrogen) atoms. The molecule has 0 spiro atoms. The highest BCUT2D eigenvalue weighted by molar-refractivity contribution is 6.30. The summed E-state index contributed by atoms with van der Waals surface area (Å²) in [6, 6.07) is 31.3. The third-order valence-corrected chi connectivity index (χ3v) is 7.41. The van der Waals surface area contributed by atoms with Crippen LogP contribution in [-0.4, -0.2) is 31.3 Å². The summed E-state index contributed by atoms with van der Waals surface area (Å²) in [5, 5.41) is 21.7. The van der Waals surface area contributed by atoms with Gasteiger partial charge in [-0.25, -0.2) is 4.79 Å². The maximum atomic E-state index is 11.6. The second-order valence-electron chi connectivity index (χ2n) is 9.91. The number of allylic oxidation sites excluding steroid dienone is 5. The van der Waals surface area contributed by atoms with E-state index in [2.05, 4.69) is 71.5 Å². The summed E-state index contributed by atoms with van der Waals surface area (Å²) < 4.78 is 1.60. The van der Waals surface area contributed by atoms with Gasteiger partial charge in [0.25, 0.3) is 0 Å². The molecule has 5 aromatic rings. The number of carboxylic acids is 1. The second-order valence-corrected chi connectivity index (χ2v) is 10.3. The van der Waals surface area contributed by atoms with Crippen LogP contribution in [0.5, 0.6) is 0 Å². The molecular weight excluding hydrogens is 544 g/mol. The van der Waals surface area contributed by atoms with Crippen LogP contribution in [0.15, 0.2) is 134 Å². The van der Waals surface area contributed by atoms with Crippen molar-refractivity contribution in [3.05, 3.63) is 161 Å². The first-order chi connectivity index (χ1) is 20.4. The molecule has 0 amide bonds. The molecule has 0 aliphatic heterocycles. The Morgan fingerprint density at radius 2 is 1.71 bits per heavy atom. The van der Waals surface area contributed by atoms with E-state index >= 15 is 0 Å². The number of tetrazole rings is 1. The van der Waals surface area contributed by atoms with Crippen molar-refractivity contribution in [2.24, 2.45) is 0 Å². The zero-order valence-corrected chi connectivity index (χ0v) is 23.8. The first-order valence-electron chi connectivity index (χ1n) is 13.4. The molecule has 0 saturated carbocycles. The minimum absolute atomic E-state index is 0.0654. The topological polar surface area (TPSA) is 80.9 Å². The van der Waals surface area contributed by atoms with Gasteiger partial charge in [0.05, 0.1) is 11.3 Å². The van der Waals surface area contributed by atoms with Crippen molar-refractivity contribution < 1.29 is 9.90 Å². The van der Waals surface area contributed by atoms with Gasteiger partial charge in [0.1, 0.15) is 6.33 Å². The van der Waals surface area contributed by atoms with Crippen LogP contribution < -0.4 is 0 Å². The Kier molecular flexibility index (Phi) is 8.85. The minimum Gasteiger partial charge on any atom is -0.478 e. The Bertz CT molecular complexity index is 1780. The van der Waals surface area contributed by atoms with E-state index in [9.17, 15) is 9.90 Å². The first kappa shape index (κ1) is 28.5. The maximum absolute atomic E-state index is 11.6. The summed E-state index contributed by atoms with van der Waals surface area (Å²) in [6.45, 7) is 6.19. The van der Waals surface area contributed by atoms with Crippen LogP contribution in [-0.2, 0) is 6.42 Å². The monoisotopic (exact) mass is 572 g/mol. The minimum atomic E-state index is -0.943. The summed E-state index contributed by atoms with van der Waals surface area (Å²) in [5.74, 6) is -0.878. The van der Waals surface area contributed by atoms with E-state index in [-0.39, 0.29) is 11.5 Å². The van der Waals surface area contributed by atoms with E-state index in [1.165, 1.54) is 5.56 Å². The predicted octanol–water partition coefficient (Wildman–Crippen LogP) is 8.22. The third-order valence-electron chi connectivity index (χ3n) is 7.18. The molecule has 0 aliphatic rings. The molecule has 208 valence electrons. The highest BCUT2D eigenvalue weighted by Gasteiger charge is 2.16. The van der Waals surface area contributed by atoms with Crippen LogP contribution in [0, 0.1) is 0 Å². The molecule has 0 bridgehead atoms. The van der Waals surface area contributed by atoms with Gasteiger partial charge in [-0.1, -0.05) is 109 Å². The van der Waals surface area contributed by atoms with E-state index in [1.54, 1.807) is 41.4 Å². The average Bonchev–Trinajstić information content (AvgIpc) is 3.56. The normalized spacial score (nSPS) is 12.6. The second kappa shape index (κ2) is 13.1. The van der Waals surface area contributed by atoms with Crippen molar-refractivity contribution in [1.82, 2.24) is 20.2 Å². The number of hydrogen-bond donors (Lipinski definition) is 1. The van der Waals surface area contributed by atoms with Crippen molar-refractivity contribution in [1.29, 1.82) is 0 Å². The molecular formula is C35H29ClN4O2. The molecule has 7 heteroatoms. The fourth-order valence-electron chi connectivity index (χ4n) is 4.97. The van der Waals surface area contributed by atoms with Gasteiger partial charge in [0.15, 0.2) is 0 Å². The quantitative estimate of drug-likeness (QED) is 0.170. The number of rotatable bonds is 10. The third kappa shape index (κ3) is 6.62. The molecule has 1 aromatic heterocycles. The SMILES string of the molecule is C=C/C(=C\C=C(/C)C(Cc1ccccc1)c1cccc(-c2cccc(C(=O)O)c2)c1)c1cc(Cl)ccc1-n1cnnn1. The van der Waals surface area contributed by atoms with Crippen LogP contribution in [0.4, 0.5) is 0 Å². The molecule has 1 atom stereocenters. The Labute approximate surface area is 249 Å². The van der Waals surface area contributed by atoms with Gasteiger partial charge in [-0.15, -0.1) is 5.10 Å². The van der Waals surface area contributed by atoms with E-state index in [4.69, 9.17) is 11.6 Å². The number of carboxylic acid groups (broad SMARTS) is 1. The van der Waals surface area contributed by atoms with Crippen molar-refractivity contribution in [2.75, 3.05) is 0 Å². The van der Waals surface area contributed by atoms with E-state index in [1.807, 2.05) is 42.5 Å². The highest BCUT2D eigenvalue weighted by atomic mass is 35.5. The largest absolute Gasteiger partial charge is 0.478 e. The van der Waals surface area contributed by atoms with E-state index in [0.717, 1.165) is 45.5 Å². The number of halogens is 1. The number of carbonyl (C=O) groups is 1. The molecule has 0 radical (unpaired) electrons. The fraction of sp³-hybridized carbons (Fsp3) is 0.0857. The van der Waals surface area contributed by atoms with Crippen molar-refractivity contribution >= 4 is 23.1 Å². The summed E-state index contributed by atoms with van der Waals surface area (Å²) in [7, 11) is 0. The lowest BCUT2D eigenvalue weighted by Crippen LogP contribution is -2.05. The maximum Gasteiger partial charge on any atom is 0.335 e. The van der Waals surface area contributed by atoms with Gasteiger partial charge in [0.2, 0.25) is 0 Å². The van der Waals surface area contributed by atoms with E-state index in [0.29, 0.717) is 5.02 Å². The molecule has 0 saturated heterocycles. The summed E-state index contributed by atoms with van der Waals surface area (Å²) >= 11 is 6.38. The van der Waals surface area contributed by atoms with Gasteiger partial charge in [-0.3, -0.25) is 0 Å². The molecule has 5 rings (SSSR count). The van der Waals surface area contributed by atoms with E-state index < -0.39 is 5.97 Å². The standard InChI is InChI=1S/C35H29ClN4O2/c1-3-26(33-22-31(36)17-18-34(33)40-23-37-38-39-40)16-15-24(2)32(19-25-9-5-4-6-10-25)29-13-7-11-27(20-29)28-12-8-14-30(21-28)35(41)42/h3-18,20-23,32H,1,19H2,2H3,(H,41,42)/b24-15+,26-16+. The van der Waals surface area contributed by atoms with Gasteiger partial charge < -0.3 is 5.11 Å². The zero-order valence-electron chi connectivity index (χ0n) is 23.1. The van der Waals surface area contributed by atoms with Gasteiger partial charge in [0, 0.05) is 16.5 Å². The molecule has 6 nitrogen and oxygen atoms in total. The van der Waals surface area contributed by atoms with Crippen molar-refractivity contribution in [3.8, 4) is 16.8 Å². The fourth-order valence-corrected chi connectivity index (χ4v) is 5.15. The lowest BCUT2D eigenvalue weighted by atomic mass is 9.84.